The summed E-state index contributed by atoms with van der Waals surface area (Å²) in [5, 5.41) is 2.98. The molecule has 4 nitrogen and oxygen atoms in total. The molecule has 1 N–H and O–H groups in total. The fraction of sp³-hybridized carbons (Fsp3) is 0.667. The van der Waals surface area contributed by atoms with Crippen molar-refractivity contribution in [2.45, 2.75) is 50.9 Å². The van der Waals surface area contributed by atoms with Crippen LogP contribution < -0.4 is 10.9 Å². The molecule has 2 bridgehead atoms. The van der Waals surface area contributed by atoms with Gasteiger partial charge in [0.15, 0.2) is 0 Å². The molecular weight excluding hydrogens is 333 g/mol. The Balaban J connectivity index is 1.43. The summed E-state index contributed by atoms with van der Waals surface area (Å²) in [6.45, 7) is -0.370. The average Bonchev–Trinajstić information content (AvgIpc) is 3.20. The molecule has 25 heavy (non-hydrogen) atoms. The molecule has 3 fully saturated rings. The second-order valence-electron chi connectivity index (χ2n) is 7.71. The van der Waals surface area contributed by atoms with Crippen molar-refractivity contribution in [3.8, 4) is 0 Å². The molecule has 0 aliphatic heterocycles. The summed E-state index contributed by atoms with van der Waals surface area (Å²) in [7, 11) is 0. The van der Waals surface area contributed by atoms with Crippen molar-refractivity contribution in [2.75, 3.05) is 0 Å². The molecule has 5 atom stereocenters. The second-order valence-corrected chi connectivity index (χ2v) is 7.71. The number of halogens is 3. The maximum atomic E-state index is 12.8. The van der Waals surface area contributed by atoms with Gasteiger partial charge in [-0.2, -0.15) is 13.2 Å². The Kier molecular flexibility index (Phi) is 3.92. The first-order valence-corrected chi connectivity index (χ1v) is 8.90. The van der Waals surface area contributed by atoms with E-state index in [1.165, 1.54) is 19.3 Å². The number of carbonyl (C=O) groups excluding carboxylic acids is 1. The number of rotatable bonds is 3. The quantitative estimate of drug-likeness (QED) is 0.908. The van der Waals surface area contributed by atoms with Gasteiger partial charge in [0.25, 0.3) is 5.56 Å². The van der Waals surface area contributed by atoms with Gasteiger partial charge >= 0.3 is 6.18 Å². The summed E-state index contributed by atoms with van der Waals surface area (Å²) >= 11 is 0. The molecule has 3 saturated carbocycles. The minimum Gasteiger partial charge on any atom is -0.352 e. The van der Waals surface area contributed by atoms with Crippen LogP contribution in [-0.4, -0.2) is 16.5 Å². The molecule has 1 aromatic heterocycles. The van der Waals surface area contributed by atoms with Crippen molar-refractivity contribution in [2.24, 2.45) is 23.7 Å². The lowest BCUT2D eigenvalue weighted by atomic mass is 9.79. The third kappa shape index (κ3) is 2.98. The molecule has 0 saturated heterocycles. The van der Waals surface area contributed by atoms with Crippen LogP contribution in [0.5, 0.6) is 0 Å². The van der Waals surface area contributed by atoms with Gasteiger partial charge in [-0.1, -0.05) is 6.42 Å². The van der Waals surface area contributed by atoms with E-state index in [1.807, 2.05) is 0 Å². The van der Waals surface area contributed by atoms with Crippen LogP contribution in [0.2, 0.25) is 0 Å². The van der Waals surface area contributed by atoms with Gasteiger partial charge in [-0.05, 0) is 55.4 Å². The summed E-state index contributed by atoms with van der Waals surface area (Å²) in [5.74, 6) is 2.30. The highest BCUT2D eigenvalue weighted by atomic mass is 19.4. The minimum absolute atomic E-state index is 0.110. The molecule has 7 heteroatoms. The Morgan fingerprint density at radius 2 is 1.92 bits per heavy atom. The van der Waals surface area contributed by atoms with Crippen molar-refractivity contribution in [1.82, 2.24) is 9.88 Å². The zero-order valence-electron chi connectivity index (χ0n) is 13.8. The molecule has 4 rings (SSSR count). The van der Waals surface area contributed by atoms with Gasteiger partial charge in [-0.25, -0.2) is 0 Å². The number of pyridine rings is 1. The maximum Gasteiger partial charge on any atom is 0.417 e. The third-order valence-electron chi connectivity index (χ3n) is 6.40. The Morgan fingerprint density at radius 1 is 1.16 bits per heavy atom. The fourth-order valence-electron chi connectivity index (χ4n) is 5.46. The lowest BCUT2D eigenvalue weighted by Gasteiger charge is -2.32. The van der Waals surface area contributed by atoms with E-state index in [-0.39, 0.29) is 18.5 Å². The van der Waals surface area contributed by atoms with Gasteiger partial charge in [-0.15, -0.1) is 0 Å². The van der Waals surface area contributed by atoms with Gasteiger partial charge in [0.2, 0.25) is 5.91 Å². The minimum atomic E-state index is -4.53. The van der Waals surface area contributed by atoms with Crippen LogP contribution in [0, 0.1) is 23.7 Å². The third-order valence-corrected chi connectivity index (χ3v) is 6.40. The number of alkyl halides is 3. The number of hydrogen-bond acceptors (Lipinski definition) is 2. The van der Waals surface area contributed by atoms with Crippen LogP contribution >= 0.6 is 0 Å². The predicted octanol–water partition coefficient (Wildman–Crippen LogP) is 2.81. The molecule has 1 aromatic rings. The zero-order valence-corrected chi connectivity index (χ0v) is 13.8. The summed E-state index contributed by atoms with van der Waals surface area (Å²) in [4.78, 5) is 24.1. The SMILES string of the molecule is O=C(Cn1cc(C(F)(F)F)ccc1=O)NC1CC2CC1C1CCCC21. The average molecular weight is 354 g/mol. The second kappa shape index (κ2) is 5.88. The van der Waals surface area contributed by atoms with Crippen LogP contribution in [0.4, 0.5) is 13.2 Å². The van der Waals surface area contributed by atoms with E-state index in [4.69, 9.17) is 0 Å². The Bertz CT molecular complexity index is 743. The molecular formula is C18H21F3N2O2. The largest absolute Gasteiger partial charge is 0.417 e. The Morgan fingerprint density at radius 3 is 2.68 bits per heavy atom. The normalized spacial score (nSPS) is 33.5. The van der Waals surface area contributed by atoms with Crippen molar-refractivity contribution in [1.29, 1.82) is 0 Å². The summed E-state index contributed by atoms with van der Waals surface area (Å²) < 4.78 is 39.2. The van der Waals surface area contributed by atoms with Crippen LogP contribution in [-0.2, 0) is 17.5 Å². The van der Waals surface area contributed by atoms with Gasteiger partial charge in [0.05, 0.1) is 5.56 Å². The zero-order chi connectivity index (χ0) is 17.8. The fourth-order valence-corrected chi connectivity index (χ4v) is 5.46. The van der Waals surface area contributed by atoms with Crippen molar-refractivity contribution < 1.29 is 18.0 Å². The van der Waals surface area contributed by atoms with Crippen LogP contribution in [0.15, 0.2) is 23.1 Å². The number of nitrogens with one attached hydrogen (secondary N) is 1. The van der Waals surface area contributed by atoms with E-state index in [2.05, 4.69) is 5.32 Å². The number of nitrogens with zero attached hydrogens (tertiary/aromatic N) is 1. The van der Waals surface area contributed by atoms with E-state index in [1.54, 1.807) is 0 Å². The Labute approximate surface area is 143 Å². The Hall–Kier alpha value is -1.79. The van der Waals surface area contributed by atoms with Crippen LogP contribution in [0.1, 0.15) is 37.7 Å². The van der Waals surface area contributed by atoms with Crippen molar-refractivity contribution in [3.05, 3.63) is 34.2 Å². The highest BCUT2D eigenvalue weighted by Crippen LogP contribution is 2.58. The monoisotopic (exact) mass is 354 g/mol. The molecule has 1 heterocycles. The number of aromatic nitrogens is 1. The number of amides is 1. The number of carbonyl (C=O) groups is 1. The molecule has 0 aromatic carbocycles. The van der Waals surface area contributed by atoms with E-state index in [0.29, 0.717) is 17.8 Å². The summed E-state index contributed by atoms with van der Waals surface area (Å²) in [6, 6.07) is 1.71. The van der Waals surface area contributed by atoms with E-state index >= 15 is 0 Å². The van der Waals surface area contributed by atoms with E-state index in [0.717, 1.165) is 41.7 Å². The molecule has 0 radical (unpaired) electrons. The first kappa shape index (κ1) is 16.7. The molecule has 3 aliphatic rings. The lowest BCUT2D eigenvalue weighted by molar-refractivity contribution is -0.138. The molecule has 136 valence electrons. The van der Waals surface area contributed by atoms with Gasteiger partial charge < -0.3 is 9.88 Å². The van der Waals surface area contributed by atoms with Crippen molar-refractivity contribution in [3.63, 3.8) is 0 Å². The lowest BCUT2D eigenvalue weighted by Crippen LogP contribution is -2.44. The molecule has 0 spiro atoms. The first-order valence-electron chi connectivity index (χ1n) is 8.90. The summed E-state index contributed by atoms with van der Waals surface area (Å²) in [5.41, 5.74) is -1.53. The smallest absolute Gasteiger partial charge is 0.352 e. The standard InChI is InChI=1S/C18H21F3N2O2/c19-18(20,21)11-4-5-17(25)23(8-11)9-16(24)22-15-7-10-6-14(15)13-3-1-2-12(10)13/h4-5,8,10,12-15H,1-3,6-7,9H2,(H,22,24). The van der Waals surface area contributed by atoms with Gasteiger partial charge in [0, 0.05) is 18.3 Å². The highest BCUT2D eigenvalue weighted by molar-refractivity contribution is 5.76. The van der Waals surface area contributed by atoms with Crippen LogP contribution in [0.25, 0.3) is 0 Å². The van der Waals surface area contributed by atoms with E-state index in [9.17, 15) is 22.8 Å². The molecule has 3 aliphatic carbocycles. The molecule has 5 unspecified atom stereocenters. The van der Waals surface area contributed by atoms with Crippen LogP contribution in [0.3, 0.4) is 0 Å². The highest BCUT2D eigenvalue weighted by Gasteiger charge is 2.54. The van der Waals surface area contributed by atoms with Gasteiger partial charge in [-0.3, -0.25) is 9.59 Å². The topological polar surface area (TPSA) is 51.1 Å². The first-order chi connectivity index (χ1) is 11.8. The van der Waals surface area contributed by atoms with E-state index < -0.39 is 17.3 Å². The maximum absolute atomic E-state index is 12.8. The van der Waals surface area contributed by atoms with Crippen molar-refractivity contribution >= 4 is 5.91 Å². The number of hydrogen-bond donors (Lipinski definition) is 1. The molecule has 1 amide bonds. The summed E-state index contributed by atoms with van der Waals surface area (Å²) in [6.07, 6.45) is 2.10. The predicted molar refractivity (Wildman–Crippen MR) is 84.7 cm³/mol. The van der Waals surface area contributed by atoms with Gasteiger partial charge in [0.1, 0.15) is 6.54 Å². The number of fused-ring (bicyclic) bond motifs is 5.